The topological polar surface area (TPSA) is 69.9 Å². The number of Topliss-reactive ketones (excluding diaryl/α,β-unsaturated/α-hetero) is 1. The van der Waals surface area contributed by atoms with Crippen molar-refractivity contribution in [3.63, 3.8) is 0 Å². The highest BCUT2D eigenvalue weighted by Gasteiger charge is 2.18. The molecule has 2 aromatic heterocycles. The third-order valence-electron chi connectivity index (χ3n) is 3.44. The van der Waals surface area contributed by atoms with Crippen LogP contribution in [0.25, 0.3) is 5.65 Å². The molecule has 6 heteroatoms. The molecule has 0 spiro atoms. The van der Waals surface area contributed by atoms with E-state index in [1.165, 1.54) is 0 Å². The first-order valence-electron chi connectivity index (χ1n) is 7.87. The summed E-state index contributed by atoms with van der Waals surface area (Å²) in [6.45, 7) is 6.37. The van der Waals surface area contributed by atoms with E-state index in [1.54, 1.807) is 24.4 Å². The first-order valence-corrected chi connectivity index (χ1v) is 7.87. The van der Waals surface area contributed by atoms with Crippen molar-refractivity contribution in [2.45, 2.75) is 40.0 Å². The minimum absolute atomic E-state index is 0.0343. The third-order valence-corrected chi connectivity index (χ3v) is 3.44. The van der Waals surface area contributed by atoms with Gasteiger partial charge in [0.15, 0.2) is 17.2 Å². The number of carbonyl (C=O) groups excluding carboxylic acids is 2. The number of hydrogen-bond acceptors (Lipinski definition) is 5. The highest BCUT2D eigenvalue weighted by molar-refractivity contribution is 5.96. The van der Waals surface area contributed by atoms with Crippen molar-refractivity contribution < 1.29 is 19.1 Å². The largest absolute Gasteiger partial charge is 0.490 e. The Balaban J connectivity index is 2.16. The highest BCUT2D eigenvalue weighted by Crippen LogP contribution is 2.23. The summed E-state index contributed by atoms with van der Waals surface area (Å²) in [6, 6.07) is 3.66. The van der Waals surface area contributed by atoms with Crippen LogP contribution in [0.4, 0.5) is 0 Å². The predicted octanol–water partition coefficient (Wildman–Crippen LogP) is 2.96. The van der Waals surface area contributed by atoms with Gasteiger partial charge in [0.05, 0.1) is 18.9 Å². The van der Waals surface area contributed by atoms with Crippen LogP contribution < -0.4 is 4.74 Å². The number of esters is 1. The molecule has 0 unspecified atom stereocenters. The fourth-order valence-corrected chi connectivity index (χ4v) is 2.50. The summed E-state index contributed by atoms with van der Waals surface area (Å²) < 4.78 is 12.2. The molecule has 0 amide bonds. The number of carbonyl (C=O) groups is 2. The van der Waals surface area contributed by atoms with Crippen molar-refractivity contribution in [1.82, 2.24) is 9.38 Å². The lowest BCUT2D eigenvalue weighted by Crippen LogP contribution is -2.08. The predicted molar refractivity (Wildman–Crippen MR) is 85.9 cm³/mol. The van der Waals surface area contributed by atoms with Crippen LogP contribution in [0, 0.1) is 6.92 Å². The van der Waals surface area contributed by atoms with Gasteiger partial charge in [0.2, 0.25) is 0 Å². The highest BCUT2D eigenvalue weighted by atomic mass is 16.5. The van der Waals surface area contributed by atoms with Crippen molar-refractivity contribution in [2.75, 3.05) is 13.2 Å². The van der Waals surface area contributed by atoms with Crippen molar-refractivity contribution in [1.29, 1.82) is 0 Å². The Morgan fingerprint density at radius 3 is 2.70 bits per heavy atom. The van der Waals surface area contributed by atoms with Gasteiger partial charge in [0.1, 0.15) is 5.69 Å². The van der Waals surface area contributed by atoms with Gasteiger partial charge in [0.25, 0.3) is 0 Å². The minimum Gasteiger partial charge on any atom is -0.490 e. The van der Waals surface area contributed by atoms with Crippen LogP contribution in [0.3, 0.4) is 0 Å². The molecule has 0 saturated carbocycles. The molecule has 0 N–H and O–H groups in total. The van der Waals surface area contributed by atoms with Gasteiger partial charge in [-0.1, -0.05) is 0 Å². The molecule has 2 aromatic rings. The Kier molecular flexibility index (Phi) is 5.73. The second-order valence-corrected chi connectivity index (χ2v) is 5.13. The number of hydrogen-bond donors (Lipinski definition) is 0. The van der Waals surface area contributed by atoms with Gasteiger partial charge in [-0.05, 0) is 39.3 Å². The van der Waals surface area contributed by atoms with Gasteiger partial charge in [-0.2, -0.15) is 0 Å². The number of rotatable bonds is 8. The van der Waals surface area contributed by atoms with Gasteiger partial charge in [-0.25, -0.2) is 4.98 Å². The second kappa shape index (κ2) is 7.76. The Morgan fingerprint density at radius 2 is 2.00 bits per heavy atom. The maximum absolute atomic E-state index is 12.5. The van der Waals surface area contributed by atoms with Gasteiger partial charge in [0, 0.05) is 19.0 Å². The molecule has 0 atom stereocenters. The molecule has 23 heavy (non-hydrogen) atoms. The van der Waals surface area contributed by atoms with E-state index in [0.717, 1.165) is 0 Å². The Morgan fingerprint density at radius 1 is 1.22 bits per heavy atom. The lowest BCUT2D eigenvalue weighted by atomic mass is 10.1. The molecule has 0 fully saturated rings. The molecule has 0 saturated heterocycles. The summed E-state index contributed by atoms with van der Waals surface area (Å²) in [6.07, 6.45) is 2.80. The molecular formula is C17H22N2O4. The van der Waals surface area contributed by atoms with Gasteiger partial charge in [-0.3, -0.25) is 14.0 Å². The van der Waals surface area contributed by atoms with Gasteiger partial charge in [-0.15, -0.1) is 0 Å². The summed E-state index contributed by atoms with van der Waals surface area (Å²) in [5.74, 6) is 0.352. The van der Waals surface area contributed by atoms with Crippen LogP contribution in [0.5, 0.6) is 5.75 Å². The number of ether oxygens (including phenoxy) is 2. The van der Waals surface area contributed by atoms with E-state index in [-0.39, 0.29) is 24.6 Å². The molecule has 6 nitrogen and oxygen atoms in total. The summed E-state index contributed by atoms with van der Waals surface area (Å²) in [4.78, 5) is 28.3. The quantitative estimate of drug-likeness (QED) is 0.553. The average molecular weight is 318 g/mol. The monoisotopic (exact) mass is 318 g/mol. The van der Waals surface area contributed by atoms with Gasteiger partial charge < -0.3 is 9.47 Å². The number of imidazole rings is 1. The average Bonchev–Trinajstić information content (AvgIpc) is 2.85. The fraction of sp³-hybridized carbons (Fsp3) is 0.471. The molecule has 0 radical (unpaired) electrons. The smallest absolute Gasteiger partial charge is 0.305 e. The molecule has 0 aromatic carbocycles. The zero-order valence-electron chi connectivity index (χ0n) is 13.8. The summed E-state index contributed by atoms with van der Waals surface area (Å²) in [5.41, 5.74) is 1.85. The van der Waals surface area contributed by atoms with Crippen molar-refractivity contribution in [3.8, 4) is 5.75 Å². The van der Waals surface area contributed by atoms with E-state index in [4.69, 9.17) is 9.47 Å². The van der Waals surface area contributed by atoms with E-state index < -0.39 is 0 Å². The number of aryl methyl sites for hydroxylation is 1. The van der Waals surface area contributed by atoms with Crippen molar-refractivity contribution in [2.24, 2.45) is 0 Å². The van der Waals surface area contributed by atoms with E-state index >= 15 is 0 Å². The van der Waals surface area contributed by atoms with Gasteiger partial charge >= 0.3 is 5.97 Å². The van der Waals surface area contributed by atoms with E-state index in [1.807, 2.05) is 19.1 Å². The molecular weight excluding hydrogens is 296 g/mol. The second-order valence-electron chi connectivity index (χ2n) is 5.13. The lowest BCUT2D eigenvalue weighted by molar-refractivity contribution is -0.143. The standard InChI is InChI=1S/C17H22N2O4/c1-4-22-14-9-7-11-19-16(12(3)18-17(14)19)13(20)8-6-10-15(21)23-5-2/h7,9,11H,4-6,8,10H2,1-3H3. The molecule has 0 aliphatic rings. The Hall–Kier alpha value is -2.37. The van der Waals surface area contributed by atoms with E-state index in [9.17, 15) is 9.59 Å². The molecule has 2 heterocycles. The number of ketones is 1. The first kappa shape index (κ1) is 17.0. The molecule has 0 bridgehead atoms. The molecule has 0 aliphatic heterocycles. The molecule has 0 aliphatic carbocycles. The van der Waals surface area contributed by atoms with Crippen LogP contribution in [0.15, 0.2) is 18.3 Å². The number of nitrogens with zero attached hydrogens (tertiary/aromatic N) is 2. The maximum Gasteiger partial charge on any atom is 0.305 e. The van der Waals surface area contributed by atoms with Crippen molar-refractivity contribution >= 4 is 17.4 Å². The van der Waals surface area contributed by atoms with Crippen LogP contribution in [-0.4, -0.2) is 34.4 Å². The first-order chi connectivity index (χ1) is 11.1. The van der Waals surface area contributed by atoms with Crippen LogP contribution in [0.2, 0.25) is 0 Å². The minimum atomic E-state index is -0.270. The Bertz CT molecular complexity index is 706. The third kappa shape index (κ3) is 3.88. The normalized spacial score (nSPS) is 10.7. The number of fused-ring (bicyclic) bond motifs is 1. The Labute approximate surface area is 135 Å². The SMILES string of the molecule is CCOC(=O)CCCC(=O)c1c(C)nc2c(OCC)cccn12. The zero-order valence-corrected chi connectivity index (χ0v) is 13.8. The number of aromatic nitrogens is 2. The van der Waals surface area contributed by atoms with Crippen molar-refractivity contribution in [3.05, 3.63) is 29.7 Å². The molecule has 2 rings (SSSR count). The van der Waals surface area contributed by atoms with E-state index in [2.05, 4.69) is 4.98 Å². The van der Waals surface area contributed by atoms with Crippen LogP contribution >= 0.6 is 0 Å². The summed E-state index contributed by atoms with van der Waals surface area (Å²) in [5, 5.41) is 0. The fourth-order valence-electron chi connectivity index (χ4n) is 2.50. The zero-order chi connectivity index (χ0) is 16.8. The van der Waals surface area contributed by atoms with Crippen LogP contribution in [0.1, 0.15) is 49.3 Å². The van der Waals surface area contributed by atoms with Crippen LogP contribution in [-0.2, 0) is 9.53 Å². The molecule has 124 valence electrons. The summed E-state index contributed by atoms with van der Waals surface area (Å²) >= 11 is 0. The van der Waals surface area contributed by atoms with E-state index in [0.29, 0.717) is 42.4 Å². The maximum atomic E-state index is 12.5. The lowest BCUT2D eigenvalue weighted by Gasteiger charge is -2.06. The number of pyridine rings is 1. The summed E-state index contributed by atoms with van der Waals surface area (Å²) in [7, 11) is 0.